The van der Waals surface area contributed by atoms with Crippen molar-refractivity contribution in [3.63, 3.8) is 0 Å². The molecule has 2 saturated heterocycles. The number of ether oxygens (including phenoxy) is 2. The van der Waals surface area contributed by atoms with Gasteiger partial charge in [0, 0.05) is 41.1 Å². The third-order valence-corrected chi connectivity index (χ3v) is 8.18. The largest absolute Gasteiger partial charge is 0.496 e. The molecule has 0 N–H and O–H groups in total. The zero-order valence-electron chi connectivity index (χ0n) is 20.4. The summed E-state index contributed by atoms with van der Waals surface area (Å²) in [6, 6.07) is 20.7. The van der Waals surface area contributed by atoms with E-state index in [1.165, 1.54) is 6.07 Å². The van der Waals surface area contributed by atoms with Crippen molar-refractivity contribution < 1.29 is 27.4 Å². The first-order valence-corrected chi connectivity index (χ1v) is 13.3. The summed E-state index contributed by atoms with van der Waals surface area (Å²) in [4.78, 5) is 16.4. The highest BCUT2D eigenvalue weighted by Gasteiger charge is 2.44. The van der Waals surface area contributed by atoms with Gasteiger partial charge in [0.2, 0.25) is 0 Å². The second-order valence-corrected chi connectivity index (χ2v) is 10.5. The first-order valence-electron chi connectivity index (χ1n) is 12.3. The summed E-state index contributed by atoms with van der Waals surface area (Å²) >= 11 is 1.68. The number of carbonyl (C=O) groups excluding carboxylic acids is 1. The summed E-state index contributed by atoms with van der Waals surface area (Å²) in [6.07, 6.45) is -1.62. The highest BCUT2D eigenvalue weighted by atomic mass is 32.2. The number of para-hydroxylation sites is 1. The van der Waals surface area contributed by atoms with Gasteiger partial charge in [-0.05, 0) is 60.9 Å². The van der Waals surface area contributed by atoms with Gasteiger partial charge in [0.05, 0.1) is 12.7 Å². The van der Waals surface area contributed by atoms with Crippen LogP contribution in [0.2, 0.25) is 0 Å². The molecule has 0 aromatic heterocycles. The normalized spacial score (nSPS) is 21.1. The monoisotopic (exact) mass is 527 g/mol. The molecule has 2 heterocycles. The minimum atomic E-state index is -4.41. The van der Waals surface area contributed by atoms with Gasteiger partial charge in [-0.25, -0.2) is 0 Å². The van der Waals surface area contributed by atoms with E-state index in [1.54, 1.807) is 24.9 Å². The van der Waals surface area contributed by atoms with Gasteiger partial charge >= 0.3 is 6.18 Å². The summed E-state index contributed by atoms with van der Waals surface area (Å²) in [5.74, 6) is 1.84. The second kappa shape index (κ2) is 10.7. The van der Waals surface area contributed by atoms with Crippen molar-refractivity contribution in [1.29, 1.82) is 0 Å². The van der Waals surface area contributed by atoms with Crippen LogP contribution in [0.4, 0.5) is 13.2 Å². The first kappa shape index (κ1) is 25.5. The molecule has 37 heavy (non-hydrogen) atoms. The van der Waals surface area contributed by atoms with E-state index in [1.807, 2.05) is 53.4 Å². The quantitative estimate of drug-likeness (QED) is 0.304. The molecule has 1 amide bonds. The number of benzene rings is 3. The lowest BCUT2D eigenvalue weighted by Crippen LogP contribution is -2.49. The number of amides is 1. The fourth-order valence-corrected chi connectivity index (χ4v) is 6.27. The van der Waals surface area contributed by atoms with Gasteiger partial charge in [-0.3, -0.25) is 4.79 Å². The van der Waals surface area contributed by atoms with Crippen molar-refractivity contribution in [1.82, 2.24) is 4.90 Å². The summed E-state index contributed by atoms with van der Waals surface area (Å²) in [6.45, 7) is 0. The Bertz CT molecular complexity index is 1230. The zero-order chi connectivity index (χ0) is 26.0. The molecule has 0 saturated carbocycles. The van der Waals surface area contributed by atoms with Crippen LogP contribution in [-0.4, -0.2) is 36.1 Å². The Hall–Kier alpha value is -3.13. The van der Waals surface area contributed by atoms with E-state index in [0.717, 1.165) is 46.9 Å². The number of fused-ring (bicyclic) bond motifs is 2. The maximum absolute atomic E-state index is 13.4. The molecule has 2 atom stereocenters. The van der Waals surface area contributed by atoms with E-state index in [-0.39, 0.29) is 29.8 Å². The van der Waals surface area contributed by atoms with Crippen molar-refractivity contribution >= 4 is 17.7 Å². The van der Waals surface area contributed by atoms with Crippen LogP contribution in [0.25, 0.3) is 0 Å². The molecule has 2 aliphatic heterocycles. The topological polar surface area (TPSA) is 38.8 Å². The molecule has 3 aromatic rings. The van der Waals surface area contributed by atoms with Crippen LogP contribution in [0.1, 0.15) is 47.2 Å². The number of thioether (sulfide) groups is 1. The van der Waals surface area contributed by atoms with Crippen LogP contribution in [-0.2, 0) is 11.9 Å². The van der Waals surface area contributed by atoms with Crippen molar-refractivity contribution in [2.24, 2.45) is 0 Å². The molecular formula is C29H28F3NO3S. The number of methoxy groups -OCH3 is 1. The van der Waals surface area contributed by atoms with E-state index < -0.39 is 11.7 Å². The van der Waals surface area contributed by atoms with Crippen LogP contribution < -0.4 is 9.47 Å². The average molecular weight is 528 g/mol. The van der Waals surface area contributed by atoms with E-state index in [9.17, 15) is 18.0 Å². The summed E-state index contributed by atoms with van der Waals surface area (Å²) in [5.41, 5.74) is 1.05. The maximum Gasteiger partial charge on any atom is 0.416 e. The third-order valence-electron chi connectivity index (χ3n) is 7.05. The molecule has 8 heteroatoms. The van der Waals surface area contributed by atoms with Crippen LogP contribution in [0.3, 0.4) is 0 Å². The molecule has 0 aliphatic carbocycles. The number of alkyl halides is 3. The highest BCUT2D eigenvalue weighted by molar-refractivity contribution is 7.98. The Labute approximate surface area is 218 Å². The van der Waals surface area contributed by atoms with Gasteiger partial charge in [0.15, 0.2) is 0 Å². The molecule has 2 unspecified atom stereocenters. The van der Waals surface area contributed by atoms with Crippen LogP contribution in [0.15, 0.2) is 77.7 Å². The van der Waals surface area contributed by atoms with E-state index >= 15 is 0 Å². The summed E-state index contributed by atoms with van der Waals surface area (Å²) in [5, 5.41) is 0. The number of rotatable bonds is 7. The van der Waals surface area contributed by atoms with Crippen molar-refractivity contribution in [2.45, 2.75) is 60.7 Å². The predicted octanol–water partition coefficient (Wildman–Crippen LogP) is 7.22. The molecular weight excluding hydrogens is 499 g/mol. The van der Waals surface area contributed by atoms with Gasteiger partial charge in [-0.1, -0.05) is 30.3 Å². The highest BCUT2D eigenvalue weighted by Crippen LogP contribution is 2.39. The van der Waals surface area contributed by atoms with Gasteiger partial charge in [0.1, 0.15) is 17.6 Å². The van der Waals surface area contributed by atoms with E-state index in [2.05, 4.69) is 0 Å². The minimum absolute atomic E-state index is 0.00829. The number of halogens is 3. The van der Waals surface area contributed by atoms with Crippen LogP contribution in [0, 0.1) is 0 Å². The molecule has 5 rings (SSSR count). The summed E-state index contributed by atoms with van der Waals surface area (Å²) in [7, 11) is 1.66. The lowest BCUT2D eigenvalue weighted by molar-refractivity contribution is -0.137. The van der Waals surface area contributed by atoms with Gasteiger partial charge < -0.3 is 14.4 Å². The SMILES string of the molecule is COc1ccccc1SCc1ccc(C(=O)N2C3CCC2CC(Oc2cccc(C(F)(F)F)c2)C3)cc1. The smallest absolute Gasteiger partial charge is 0.416 e. The van der Waals surface area contributed by atoms with Crippen molar-refractivity contribution in [2.75, 3.05) is 7.11 Å². The third kappa shape index (κ3) is 5.74. The molecule has 2 fully saturated rings. The molecule has 4 nitrogen and oxygen atoms in total. The molecule has 0 spiro atoms. The van der Waals surface area contributed by atoms with Crippen LogP contribution in [0.5, 0.6) is 11.5 Å². The fourth-order valence-electron chi connectivity index (χ4n) is 5.28. The Balaban J connectivity index is 1.20. The predicted molar refractivity (Wildman–Crippen MR) is 137 cm³/mol. The number of hydrogen-bond acceptors (Lipinski definition) is 4. The molecule has 2 bridgehead atoms. The van der Waals surface area contributed by atoms with Gasteiger partial charge in [0.25, 0.3) is 5.91 Å². The Kier molecular flexibility index (Phi) is 7.38. The standard InChI is InChI=1S/C29H28F3NO3S/c1-35-26-7-2-3-8-27(26)37-18-19-9-11-20(12-10-19)28(34)33-22-13-14-23(33)17-25(16-22)36-24-6-4-5-21(15-24)29(30,31)32/h2-12,15,22-23,25H,13-14,16-18H2,1H3. The zero-order valence-corrected chi connectivity index (χ0v) is 21.2. The molecule has 2 aliphatic rings. The maximum atomic E-state index is 13.4. The number of carbonyl (C=O) groups is 1. The van der Waals surface area contributed by atoms with Crippen molar-refractivity contribution in [3.05, 3.63) is 89.5 Å². The molecule has 194 valence electrons. The molecule has 0 radical (unpaired) electrons. The lowest BCUT2D eigenvalue weighted by Gasteiger charge is -2.39. The van der Waals surface area contributed by atoms with Gasteiger partial charge in [-0.15, -0.1) is 11.8 Å². The number of nitrogens with zero attached hydrogens (tertiary/aromatic N) is 1. The number of piperidine rings is 1. The van der Waals surface area contributed by atoms with E-state index in [4.69, 9.17) is 9.47 Å². The Morgan fingerprint density at radius 2 is 1.68 bits per heavy atom. The van der Waals surface area contributed by atoms with E-state index in [0.29, 0.717) is 18.4 Å². The van der Waals surface area contributed by atoms with Crippen molar-refractivity contribution in [3.8, 4) is 11.5 Å². The lowest BCUT2D eigenvalue weighted by atomic mass is 9.98. The van der Waals surface area contributed by atoms with Gasteiger partial charge in [-0.2, -0.15) is 13.2 Å². The summed E-state index contributed by atoms with van der Waals surface area (Å²) < 4.78 is 50.5. The Morgan fingerprint density at radius 1 is 0.973 bits per heavy atom. The minimum Gasteiger partial charge on any atom is -0.496 e. The van der Waals surface area contributed by atoms with Crippen LogP contribution >= 0.6 is 11.8 Å². The second-order valence-electron chi connectivity index (χ2n) is 9.47. The average Bonchev–Trinajstić information content (AvgIpc) is 3.17. The fraction of sp³-hybridized carbons (Fsp3) is 0.345. The molecule has 3 aromatic carbocycles. The number of hydrogen-bond donors (Lipinski definition) is 0. The first-order chi connectivity index (χ1) is 17.8. The Morgan fingerprint density at radius 3 is 2.35 bits per heavy atom.